The van der Waals surface area contributed by atoms with Gasteiger partial charge in [0.25, 0.3) is 0 Å². The van der Waals surface area contributed by atoms with Gasteiger partial charge in [0.15, 0.2) is 0 Å². The third-order valence-corrected chi connectivity index (χ3v) is 2.75. The van der Waals surface area contributed by atoms with E-state index in [1.54, 1.807) is 0 Å². The minimum Gasteiger partial charge on any atom is -0.166 e. The van der Waals surface area contributed by atoms with Crippen LogP contribution >= 0.6 is 39.1 Å². The van der Waals surface area contributed by atoms with E-state index in [2.05, 4.69) is 15.9 Å². The molecule has 1 rings (SSSR count). The van der Waals surface area contributed by atoms with E-state index in [0.29, 0.717) is 4.47 Å². The topological polar surface area (TPSA) is 0 Å². The molecule has 0 spiro atoms. The lowest BCUT2D eigenvalue weighted by Crippen LogP contribution is -2.05. The number of hydrogen-bond acceptors (Lipinski definition) is 0. The Morgan fingerprint density at radius 3 is 2.21 bits per heavy atom. The molecule has 0 N–H and O–H groups in total. The van der Waals surface area contributed by atoms with Gasteiger partial charge in [-0.05, 0) is 23.8 Å². The molecule has 0 nitrogen and oxygen atoms in total. The molecule has 1 aromatic carbocycles. The van der Waals surface area contributed by atoms with Crippen molar-refractivity contribution in [2.45, 2.75) is 11.0 Å². The highest BCUT2D eigenvalue weighted by Gasteiger charge is 2.31. The summed E-state index contributed by atoms with van der Waals surface area (Å²) in [5.74, 6) is 0. The van der Waals surface area contributed by atoms with Gasteiger partial charge < -0.3 is 0 Å². The predicted octanol–water partition coefficient (Wildman–Crippen LogP) is 4.94. The van der Waals surface area contributed by atoms with Gasteiger partial charge in [0.05, 0.1) is 5.56 Å². The monoisotopic (exact) mass is 306 g/mol. The first-order valence-electron chi connectivity index (χ1n) is 3.47. The van der Waals surface area contributed by atoms with E-state index in [1.165, 1.54) is 6.07 Å². The van der Waals surface area contributed by atoms with Crippen LogP contribution in [0.3, 0.4) is 0 Å². The largest absolute Gasteiger partial charge is 0.416 e. The van der Waals surface area contributed by atoms with E-state index in [9.17, 15) is 13.2 Å². The Morgan fingerprint density at radius 2 is 1.79 bits per heavy atom. The van der Waals surface area contributed by atoms with E-state index in [0.717, 1.165) is 12.1 Å². The summed E-state index contributed by atoms with van der Waals surface area (Å²) in [5, 5.41) is 0. The average molecular weight is 308 g/mol. The normalized spacial score (nSPS) is 12.2. The van der Waals surface area contributed by atoms with Crippen LogP contribution in [0.15, 0.2) is 22.7 Å². The third-order valence-electron chi connectivity index (χ3n) is 1.56. The van der Waals surface area contributed by atoms with E-state index >= 15 is 0 Å². The zero-order valence-corrected chi connectivity index (χ0v) is 9.68. The van der Waals surface area contributed by atoms with Crippen molar-refractivity contribution in [2.24, 2.45) is 0 Å². The molecule has 0 amide bonds. The molecule has 78 valence electrons. The molecule has 0 aliphatic carbocycles. The Labute approximate surface area is 97.1 Å². The standard InChI is InChI=1S/C8H4BrCl2F3/c9-6-2-1-4(8(12,13)14)3-5(6)7(10)11/h1-3,7H. The van der Waals surface area contributed by atoms with Crippen molar-refractivity contribution in [2.75, 3.05) is 0 Å². The molecule has 0 radical (unpaired) electrons. The molecule has 0 aliphatic heterocycles. The minimum absolute atomic E-state index is 0.211. The SMILES string of the molecule is FC(F)(F)c1ccc(Br)c(C(Cl)Cl)c1. The van der Waals surface area contributed by atoms with Crippen molar-refractivity contribution in [3.05, 3.63) is 33.8 Å². The molecule has 0 heterocycles. The van der Waals surface area contributed by atoms with Gasteiger partial charge in [-0.1, -0.05) is 15.9 Å². The Balaban J connectivity index is 3.20. The van der Waals surface area contributed by atoms with Crippen LogP contribution in [0.25, 0.3) is 0 Å². The Morgan fingerprint density at radius 1 is 1.21 bits per heavy atom. The summed E-state index contributed by atoms with van der Waals surface area (Å²) in [5.41, 5.74) is -0.551. The zero-order valence-electron chi connectivity index (χ0n) is 6.58. The van der Waals surface area contributed by atoms with Gasteiger partial charge in [-0.15, -0.1) is 23.2 Å². The van der Waals surface area contributed by atoms with Gasteiger partial charge in [-0.25, -0.2) is 0 Å². The molecule has 0 unspecified atom stereocenters. The molecule has 0 aliphatic rings. The van der Waals surface area contributed by atoms with Gasteiger partial charge in [0, 0.05) is 4.47 Å². The predicted molar refractivity (Wildman–Crippen MR) is 53.6 cm³/mol. The van der Waals surface area contributed by atoms with E-state index < -0.39 is 16.6 Å². The summed E-state index contributed by atoms with van der Waals surface area (Å²) in [6.45, 7) is 0. The van der Waals surface area contributed by atoms with Gasteiger partial charge in [-0.2, -0.15) is 13.2 Å². The van der Waals surface area contributed by atoms with E-state index in [1.807, 2.05) is 0 Å². The summed E-state index contributed by atoms with van der Waals surface area (Å²) in [7, 11) is 0. The van der Waals surface area contributed by atoms with Crippen LogP contribution in [0, 0.1) is 0 Å². The Kier molecular flexibility index (Phi) is 3.72. The highest BCUT2D eigenvalue weighted by Crippen LogP contribution is 2.36. The maximum absolute atomic E-state index is 12.3. The van der Waals surface area contributed by atoms with E-state index in [-0.39, 0.29) is 5.56 Å². The summed E-state index contributed by atoms with van der Waals surface area (Å²) < 4.78 is 37.2. The van der Waals surface area contributed by atoms with E-state index in [4.69, 9.17) is 23.2 Å². The molecular weight excluding hydrogens is 304 g/mol. The first-order chi connectivity index (χ1) is 6.32. The van der Waals surface area contributed by atoms with Gasteiger partial charge in [0.1, 0.15) is 4.84 Å². The van der Waals surface area contributed by atoms with Crippen molar-refractivity contribution in [3.8, 4) is 0 Å². The van der Waals surface area contributed by atoms with Gasteiger partial charge in [0.2, 0.25) is 0 Å². The zero-order chi connectivity index (χ0) is 10.9. The lowest BCUT2D eigenvalue weighted by Gasteiger charge is -2.10. The van der Waals surface area contributed by atoms with Crippen LogP contribution in [-0.2, 0) is 6.18 Å². The van der Waals surface area contributed by atoms with Crippen molar-refractivity contribution < 1.29 is 13.2 Å². The molecule has 0 saturated carbocycles. The lowest BCUT2D eigenvalue weighted by molar-refractivity contribution is -0.137. The summed E-state index contributed by atoms with van der Waals surface area (Å²) in [6.07, 6.45) is -4.38. The lowest BCUT2D eigenvalue weighted by atomic mass is 10.1. The highest BCUT2D eigenvalue weighted by atomic mass is 79.9. The van der Waals surface area contributed by atoms with Gasteiger partial charge in [-0.3, -0.25) is 0 Å². The van der Waals surface area contributed by atoms with Crippen LogP contribution in [0.2, 0.25) is 0 Å². The first-order valence-corrected chi connectivity index (χ1v) is 5.13. The number of halogens is 6. The number of hydrogen-bond donors (Lipinski definition) is 0. The van der Waals surface area contributed by atoms with Crippen LogP contribution in [0.4, 0.5) is 13.2 Å². The molecule has 0 fully saturated rings. The molecule has 0 saturated heterocycles. The Bertz CT molecular complexity index is 336. The number of rotatable bonds is 1. The molecule has 14 heavy (non-hydrogen) atoms. The summed E-state index contributed by atoms with van der Waals surface area (Å²) in [6, 6.07) is 3.16. The van der Waals surface area contributed by atoms with Crippen LogP contribution in [0.5, 0.6) is 0 Å². The molecule has 0 aromatic heterocycles. The fourth-order valence-corrected chi connectivity index (χ4v) is 1.99. The molecular formula is C8H4BrCl2F3. The first kappa shape index (κ1) is 12.1. The molecule has 0 bridgehead atoms. The molecule has 6 heteroatoms. The second-order valence-corrected chi connectivity index (χ2v) is 4.49. The van der Waals surface area contributed by atoms with Crippen molar-refractivity contribution >= 4 is 39.1 Å². The quantitative estimate of drug-likeness (QED) is 0.644. The second-order valence-electron chi connectivity index (χ2n) is 2.53. The number of benzene rings is 1. The van der Waals surface area contributed by atoms with Gasteiger partial charge >= 0.3 is 6.18 Å². The molecule has 1 aromatic rings. The summed E-state index contributed by atoms with van der Waals surface area (Å²) >= 11 is 14.1. The fourth-order valence-electron chi connectivity index (χ4n) is 0.887. The van der Waals surface area contributed by atoms with Crippen molar-refractivity contribution in [3.63, 3.8) is 0 Å². The third kappa shape index (κ3) is 2.78. The smallest absolute Gasteiger partial charge is 0.166 e. The second kappa shape index (κ2) is 4.29. The number of alkyl halides is 5. The maximum atomic E-state index is 12.3. The van der Waals surface area contributed by atoms with Crippen LogP contribution in [-0.4, -0.2) is 0 Å². The van der Waals surface area contributed by atoms with Crippen LogP contribution < -0.4 is 0 Å². The highest BCUT2D eigenvalue weighted by molar-refractivity contribution is 9.10. The van der Waals surface area contributed by atoms with Crippen LogP contribution in [0.1, 0.15) is 16.0 Å². The van der Waals surface area contributed by atoms with Crippen molar-refractivity contribution in [1.82, 2.24) is 0 Å². The molecule has 0 atom stereocenters. The summed E-state index contributed by atoms with van der Waals surface area (Å²) in [4.78, 5) is -0.980. The maximum Gasteiger partial charge on any atom is 0.416 e. The fraction of sp³-hybridized carbons (Fsp3) is 0.250. The minimum atomic E-state index is -4.38. The average Bonchev–Trinajstić information content (AvgIpc) is 2.02. The Hall–Kier alpha value is 0.0700. The van der Waals surface area contributed by atoms with Crippen molar-refractivity contribution in [1.29, 1.82) is 0 Å².